The van der Waals surface area contributed by atoms with Crippen molar-refractivity contribution >= 4 is 11.8 Å². The van der Waals surface area contributed by atoms with Crippen LogP contribution in [0, 0.1) is 0 Å². The van der Waals surface area contributed by atoms with Crippen molar-refractivity contribution in [3.63, 3.8) is 0 Å². The second kappa shape index (κ2) is 6.68. The van der Waals surface area contributed by atoms with E-state index in [1.54, 1.807) is 0 Å². The molecule has 0 radical (unpaired) electrons. The van der Waals surface area contributed by atoms with Gasteiger partial charge in [0, 0.05) is 12.3 Å². The fourth-order valence-electron chi connectivity index (χ4n) is 1.67. The summed E-state index contributed by atoms with van der Waals surface area (Å²) in [5, 5.41) is 0. The molecule has 1 saturated heterocycles. The first-order chi connectivity index (χ1) is 6.33. The molecular weight excluding hydrogens is 182 g/mol. The number of likely N-dealkylation sites (tertiary alicyclic amines) is 1. The number of rotatable bonds is 6. The Bertz CT molecular complexity index is 126. The highest BCUT2D eigenvalue weighted by atomic mass is 32.2. The van der Waals surface area contributed by atoms with E-state index in [1.165, 1.54) is 25.9 Å². The van der Waals surface area contributed by atoms with Gasteiger partial charge in [-0.25, -0.2) is 0 Å². The van der Waals surface area contributed by atoms with E-state index in [0.29, 0.717) is 6.10 Å². The minimum atomic E-state index is 0.414. The van der Waals surface area contributed by atoms with Crippen LogP contribution in [0.25, 0.3) is 0 Å². The summed E-state index contributed by atoms with van der Waals surface area (Å²) in [4.78, 5) is 2.49. The lowest BCUT2D eigenvalue weighted by atomic mass is 10.4. The van der Waals surface area contributed by atoms with E-state index in [0.717, 1.165) is 18.9 Å². The third kappa shape index (κ3) is 4.89. The van der Waals surface area contributed by atoms with Gasteiger partial charge in [-0.15, -0.1) is 0 Å². The molecule has 2 nitrogen and oxygen atoms in total. The first-order valence-corrected chi connectivity index (χ1v) is 6.55. The maximum absolute atomic E-state index is 5.68. The first-order valence-electron chi connectivity index (χ1n) is 5.16. The van der Waals surface area contributed by atoms with Gasteiger partial charge in [-0.3, -0.25) is 0 Å². The zero-order chi connectivity index (χ0) is 9.52. The molecule has 1 rings (SSSR count). The molecule has 1 heterocycles. The Morgan fingerprint density at radius 2 is 2.08 bits per heavy atom. The third-order valence-corrected chi connectivity index (χ3v) is 3.21. The van der Waals surface area contributed by atoms with Gasteiger partial charge in [0.2, 0.25) is 0 Å². The Balaban J connectivity index is 1.93. The Morgan fingerprint density at radius 3 is 2.69 bits per heavy atom. The summed E-state index contributed by atoms with van der Waals surface area (Å²) in [7, 11) is 0. The van der Waals surface area contributed by atoms with Crippen LogP contribution >= 0.6 is 11.8 Å². The smallest absolute Gasteiger partial charge is 0.0637 e. The van der Waals surface area contributed by atoms with Gasteiger partial charge >= 0.3 is 0 Å². The number of hydrogen-bond donors (Lipinski definition) is 0. The van der Waals surface area contributed by atoms with Crippen molar-refractivity contribution in [1.82, 2.24) is 4.90 Å². The lowest BCUT2D eigenvalue weighted by molar-refractivity contribution is 0.0663. The molecule has 0 amide bonds. The first kappa shape index (κ1) is 11.3. The summed E-state index contributed by atoms with van der Waals surface area (Å²) in [6.45, 7) is 6.74. The minimum Gasteiger partial charge on any atom is -0.376 e. The quantitative estimate of drug-likeness (QED) is 0.654. The molecule has 0 aromatic carbocycles. The average Bonchev–Trinajstić information content (AvgIpc) is 2.57. The second-order valence-corrected chi connectivity index (χ2v) is 4.60. The highest BCUT2D eigenvalue weighted by molar-refractivity contribution is 7.98. The lowest BCUT2D eigenvalue weighted by Gasteiger charge is -2.17. The summed E-state index contributed by atoms with van der Waals surface area (Å²) >= 11 is 1.85. The van der Waals surface area contributed by atoms with Crippen molar-refractivity contribution in [3.05, 3.63) is 0 Å². The topological polar surface area (TPSA) is 12.5 Å². The van der Waals surface area contributed by atoms with E-state index in [9.17, 15) is 0 Å². The van der Waals surface area contributed by atoms with Gasteiger partial charge in [-0.05, 0) is 39.1 Å². The summed E-state index contributed by atoms with van der Waals surface area (Å²) in [6.07, 6.45) is 5.29. The molecule has 0 N–H and O–H groups in total. The SMILES string of the molecule is CSCC(C)OCCN1CCCC1. The molecule has 1 fully saturated rings. The van der Waals surface area contributed by atoms with Gasteiger partial charge in [0.15, 0.2) is 0 Å². The highest BCUT2D eigenvalue weighted by Gasteiger charge is 2.11. The van der Waals surface area contributed by atoms with Gasteiger partial charge in [-0.1, -0.05) is 0 Å². The molecule has 0 bridgehead atoms. The molecule has 1 aliphatic heterocycles. The fourth-order valence-corrected chi connectivity index (χ4v) is 2.24. The number of hydrogen-bond acceptors (Lipinski definition) is 3. The van der Waals surface area contributed by atoms with E-state index in [2.05, 4.69) is 18.1 Å². The molecule has 1 unspecified atom stereocenters. The standard InChI is InChI=1S/C10H21NOS/c1-10(9-13-2)12-8-7-11-5-3-4-6-11/h10H,3-9H2,1-2H3. The van der Waals surface area contributed by atoms with Gasteiger partial charge in [-0.2, -0.15) is 11.8 Å². The van der Waals surface area contributed by atoms with Crippen LogP contribution in [-0.4, -0.2) is 49.3 Å². The van der Waals surface area contributed by atoms with Crippen molar-refractivity contribution in [2.75, 3.05) is 38.2 Å². The van der Waals surface area contributed by atoms with E-state index in [1.807, 2.05) is 11.8 Å². The summed E-state index contributed by atoms with van der Waals surface area (Å²) < 4.78 is 5.68. The van der Waals surface area contributed by atoms with Crippen LogP contribution in [0.4, 0.5) is 0 Å². The highest BCUT2D eigenvalue weighted by Crippen LogP contribution is 2.07. The van der Waals surface area contributed by atoms with E-state index >= 15 is 0 Å². The summed E-state index contributed by atoms with van der Waals surface area (Å²) in [6, 6.07) is 0. The largest absolute Gasteiger partial charge is 0.376 e. The van der Waals surface area contributed by atoms with E-state index in [-0.39, 0.29) is 0 Å². The van der Waals surface area contributed by atoms with Crippen LogP contribution in [0.3, 0.4) is 0 Å². The average molecular weight is 203 g/mol. The molecule has 0 aliphatic carbocycles. The van der Waals surface area contributed by atoms with Crippen LogP contribution in [-0.2, 0) is 4.74 Å². The van der Waals surface area contributed by atoms with Crippen molar-refractivity contribution < 1.29 is 4.74 Å². The van der Waals surface area contributed by atoms with Crippen molar-refractivity contribution in [1.29, 1.82) is 0 Å². The van der Waals surface area contributed by atoms with Gasteiger partial charge in [0.25, 0.3) is 0 Å². The molecule has 0 saturated carbocycles. The van der Waals surface area contributed by atoms with Gasteiger partial charge in [0.1, 0.15) is 0 Å². The molecule has 0 aromatic rings. The monoisotopic (exact) mass is 203 g/mol. The molecule has 0 spiro atoms. The number of nitrogens with zero attached hydrogens (tertiary/aromatic N) is 1. The lowest BCUT2D eigenvalue weighted by Crippen LogP contribution is -2.26. The fraction of sp³-hybridized carbons (Fsp3) is 1.00. The maximum Gasteiger partial charge on any atom is 0.0637 e. The predicted octanol–water partition coefficient (Wildman–Crippen LogP) is 1.85. The third-order valence-electron chi connectivity index (χ3n) is 2.41. The van der Waals surface area contributed by atoms with Crippen LogP contribution in [0.5, 0.6) is 0 Å². The molecule has 1 aliphatic rings. The Kier molecular flexibility index (Phi) is 5.83. The van der Waals surface area contributed by atoms with E-state index in [4.69, 9.17) is 4.74 Å². The molecule has 13 heavy (non-hydrogen) atoms. The molecule has 0 aromatic heterocycles. The summed E-state index contributed by atoms with van der Waals surface area (Å²) in [5.41, 5.74) is 0. The molecule has 1 atom stereocenters. The van der Waals surface area contributed by atoms with Gasteiger partial charge in [0.05, 0.1) is 12.7 Å². The second-order valence-electron chi connectivity index (χ2n) is 3.69. The van der Waals surface area contributed by atoms with E-state index < -0.39 is 0 Å². The number of thioether (sulfide) groups is 1. The van der Waals surface area contributed by atoms with Crippen LogP contribution in [0.15, 0.2) is 0 Å². The van der Waals surface area contributed by atoms with Crippen molar-refractivity contribution in [3.8, 4) is 0 Å². The predicted molar refractivity (Wildman–Crippen MR) is 59.5 cm³/mol. The van der Waals surface area contributed by atoms with Crippen LogP contribution < -0.4 is 0 Å². The van der Waals surface area contributed by atoms with Crippen molar-refractivity contribution in [2.45, 2.75) is 25.9 Å². The number of ether oxygens (including phenoxy) is 1. The summed E-state index contributed by atoms with van der Waals surface area (Å²) in [5.74, 6) is 1.11. The van der Waals surface area contributed by atoms with Gasteiger partial charge < -0.3 is 9.64 Å². The minimum absolute atomic E-state index is 0.414. The molecular formula is C10H21NOS. The van der Waals surface area contributed by atoms with Crippen LogP contribution in [0.2, 0.25) is 0 Å². The van der Waals surface area contributed by atoms with Crippen LogP contribution in [0.1, 0.15) is 19.8 Å². The Labute approximate surface area is 86.0 Å². The van der Waals surface area contributed by atoms with Crippen molar-refractivity contribution in [2.24, 2.45) is 0 Å². The Hall–Kier alpha value is 0.270. The molecule has 78 valence electrons. The maximum atomic E-state index is 5.68. The Morgan fingerprint density at radius 1 is 1.38 bits per heavy atom. The zero-order valence-corrected chi connectivity index (χ0v) is 9.61. The molecule has 3 heteroatoms. The normalized spacial score (nSPS) is 20.8. The zero-order valence-electron chi connectivity index (χ0n) is 8.79.